The second-order valence-corrected chi connectivity index (χ2v) is 5.29. The second kappa shape index (κ2) is 8.78. The van der Waals surface area contributed by atoms with Gasteiger partial charge in [0.05, 0.1) is 12.7 Å². The molecule has 122 valence electrons. The average Bonchev–Trinajstić information content (AvgIpc) is 2.58. The van der Waals surface area contributed by atoms with Gasteiger partial charge in [-0.1, -0.05) is 24.3 Å². The third-order valence-corrected chi connectivity index (χ3v) is 3.53. The third kappa shape index (κ3) is 5.29. The first-order valence-corrected chi connectivity index (χ1v) is 7.70. The monoisotopic (exact) mass is 312 g/mol. The Balaban J connectivity index is 1.79. The molecule has 23 heavy (non-hydrogen) atoms. The van der Waals surface area contributed by atoms with Crippen molar-refractivity contribution in [2.75, 3.05) is 27.2 Å². The molecule has 0 amide bonds. The first-order chi connectivity index (χ1) is 11.2. The number of nitrogens with zero attached hydrogens (tertiary/aromatic N) is 3. The Morgan fingerprint density at radius 3 is 2.78 bits per heavy atom. The van der Waals surface area contributed by atoms with Gasteiger partial charge < -0.3 is 15.0 Å². The number of benzene rings is 1. The molecule has 0 radical (unpaired) electrons. The highest BCUT2D eigenvalue weighted by molar-refractivity contribution is 5.79. The first kappa shape index (κ1) is 16.8. The van der Waals surface area contributed by atoms with Crippen molar-refractivity contribution < 1.29 is 4.74 Å². The molecule has 0 fully saturated rings. The number of aromatic nitrogens is 1. The maximum atomic E-state index is 5.62. The summed E-state index contributed by atoms with van der Waals surface area (Å²) in [7, 11) is 3.82. The SMILES string of the molecule is CN=C(NCCOc1cccnc1)N(C)Cc1ccccc1C. The Bertz CT molecular complexity index is 628. The summed E-state index contributed by atoms with van der Waals surface area (Å²) in [4.78, 5) is 10.4. The molecule has 2 rings (SSSR count). The van der Waals surface area contributed by atoms with E-state index in [0.717, 1.165) is 18.3 Å². The number of aliphatic imine (C=N–C) groups is 1. The maximum absolute atomic E-state index is 5.62. The molecular formula is C18H24N4O. The zero-order valence-corrected chi connectivity index (χ0v) is 14.0. The zero-order valence-electron chi connectivity index (χ0n) is 14.0. The lowest BCUT2D eigenvalue weighted by Crippen LogP contribution is -2.40. The van der Waals surface area contributed by atoms with Crippen molar-refractivity contribution in [2.45, 2.75) is 13.5 Å². The minimum absolute atomic E-state index is 0.558. The van der Waals surface area contributed by atoms with Gasteiger partial charge in [0, 0.05) is 26.8 Å². The number of nitrogens with one attached hydrogen (secondary N) is 1. The summed E-state index contributed by atoms with van der Waals surface area (Å²) in [5, 5.41) is 3.31. The van der Waals surface area contributed by atoms with E-state index in [2.05, 4.69) is 51.4 Å². The van der Waals surface area contributed by atoms with E-state index in [1.54, 1.807) is 19.4 Å². The number of aryl methyl sites for hydroxylation is 1. The summed E-state index contributed by atoms with van der Waals surface area (Å²) in [5.74, 6) is 1.63. The molecule has 0 unspecified atom stereocenters. The van der Waals surface area contributed by atoms with E-state index in [1.807, 2.05) is 19.2 Å². The highest BCUT2D eigenvalue weighted by Crippen LogP contribution is 2.09. The molecule has 0 saturated heterocycles. The van der Waals surface area contributed by atoms with E-state index in [4.69, 9.17) is 4.74 Å². The van der Waals surface area contributed by atoms with Gasteiger partial charge in [-0.15, -0.1) is 0 Å². The third-order valence-electron chi connectivity index (χ3n) is 3.53. The quantitative estimate of drug-likeness (QED) is 0.506. The summed E-state index contributed by atoms with van der Waals surface area (Å²) in [5.41, 5.74) is 2.58. The standard InChI is InChI=1S/C18H24N4O/c1-15-7-4-5-8-16(15)14-22(3)18(19-2)21-11-12-23-17-9-6-10-20-13-17/h4-10,13H,11-12,14H2,1-3H3,(H,19,21). The van der Waals surface area contributed by atoms with Crippen LogP contribution in [0.25, 0.3) is 0 Å². The number of guanidine groups is 1. The second-order valence-electron chi connectivity index (χ2n) is 5.29. The maximum Gasteiger partial charge on any atom is 0.193 e. The van der Waals surface area contributed by atoms with Gasteiger partial charge in [0.15, 0.2) is 5.96 Å². The molecule has 0 saturated carbocycles. The van der Waals surface area contributed by atoms with Gasteiger partial charge in [-0.05, 0) is 30.2 Å². The van der Waals surface area contributed by atoms with Crippen molar-refractivity contribution in [1.82, 2.24) is 15.2 Å². The van der Waals surface area contributed by atoms with E-state index in [-0.39, 0.29) is 0 Å². The number of hydrogen-bond acceptors (Lipinski definition) is 3. The van der Waals surface area contributed by atoms with Gasteiger partial charge in [-0.25, -0.2) is 0 Å². The smallest absolute Gasteiger partial charge is 0.193 e. The van der Waals surface area contributed by atoms with Gasteiger partial charge in [0.1, 0.15) is 12.4 Å². The predicted octanol–water partition coefficient (Wildman–Crippen LogP) is 2.48. The van der Waals surface area contributed by atoms with Gasteiger partial charge in [-0.2, -0.15) is 0 Å². The lowest BCUT2D eigenvalue weighted by Gasteiger charge is -2.23. The highest BCUT2D eigenvalue weighted by atomic mass is 16.5. The lowest BCUT2D eigenvalue weighted by atomic mass is 10.1. The molecule has 1 heterocycles. The summed E-state index contributed by atoms with van der Waals surface area (Å²) in [6, 6.07) is 12.1. The minimum Gasteiger partial charge on any atom is -0.490 e. The summed E-state index contributed by atoms with van der Waals surface area (Å²) >= 11 is 0. The number of hydrogen-bond donors (Lipinski definition) is 1. The van der Waals surface area contributed by atoms with Crippen molar-refractivity contribution >= 4 is 5.96 Å². The minimum atomic E-state index is 0.558. The van der Waals surface area contributed by atoms with Crippen molar-refractivity contribution in [3.8, 4) is 5.75 Å². The molecule has 0 aliphatic carbocycles. The number of rotatable bonds is 6. The largest absolute Gasteiger partial charge is 0.490 e. The molecular weight excluding hydrogens is 288 g/mol. The fraction of sp³-hybridized carbons (Fsp3) is 0.333. The van der Waals surface area contributed by atoms with Crippen molar-refractivity contribution in [3.05, 3.63) is 59.9 Å². The van der Waals surface area contributed by atoms with Crippen LogP contribution in [0, 0.1) is 6.92 Å². The Morgan fingerprint density at radius 2 is 2.09 bits per heavy atom. The lowest BCUT2D eigenvalue weighted by molar-refractivity contribution is 0.318. The van der Waals surface area contributed by atoms with Crippen LogP contribution in [0.1, 0.15) is 11.1 Å². The average molecular weight is 312 g/mol. The van der Waals surface area contributed by atoms with E-state index in [0.29, 0.717) is 13.2 Å². The van der Waals surface area contributed by atoms with Crippen molar-refractivity contribution in [1.29, 1.82) is 0 Å². The predicted molar refractivity (Wildman–Crippen MR) is 93.7 cm³/mol. The fourth-order valence-corrected chi connectivity index (χ4v) is 2.27. The summed E-state index contributed by atoms with van der Waals surface area (Å²) < 4.78 is 5.62. The van der Waals surface area contributed by atoms with E-state index in [1.165, 1.54) is 11.1 Å². The molecule has 0 aliphatic rings. The van der Waals surface area contributed by atoms with E-state index in [9.17, 15) is 0 Å². The van der Waals surface area contributed by atoms with Crippen LogP contribution in [-0.4, -0.2) is 43.1 Å². The van der Waals surface area contributed by atoms with Crippen LogP contribution in [0.4, 0.5) is 0 Å². The molecule has 2 aromatic rings. The molecule has 0 aliphatic heterocycles. The molecule has 1 N–H and O–H groups in total. The molecule has 0 spiro atoms. The van der Waals surface area contributed by atoms with Gasteiger partial charge in [-0.3, -0.25) is 9.98 Å². The molecule has 1 aromatic heterocycles. The number of pyridine rings is 1. The van der Waals surface area contributed by atoms with Crippen molar-refractivity contribution in [2.24, 2.45) is 4.99 Å². The van der Waals surface area contributed by atoms with Crippen molar-refractivity contribution in [3.63, 3.8) is 0 Å². The first-order valence-electron chi connectivity index (χ1n) is 7.70. The topological polar surface area (TPSA) is 49.8 Å². The highest BCUT2D eigenvalue weighted by Gasteiger charge is 2.07. The summed E-state index contributed by atoms with van der Waals surface area (Å²) in [6.45, 7) is 4.18. The number of ether oxygens (including phenoxy) is 1. The van der Waals surface area contributed by atoms with Crippen LogP contribution in [0.15, 0.2) is 53.8 Å². The molecule has 1 aromatic carbocycles. The van der Waals surface area contributed by atoms with Crippen LogP contribution in [0.3, 0.4) is 0 Å². The Labute approximate surface area is 138 Å². The van der Waals surface area contributed by atoms with Gasteiger partial charge >= 0.3 is 0 Å². The normalized spacial score (nSPS) is 11.2. The molecule has 5 heteroatoms. The van der Waals surface area contributed by atoms with Crippen LogP contribution in [0.2, 0.25) is 0 Å². The Morgan fingerprint density at radius 1 is 1.26 bits per heavy atom. The van der Waals surface area contributed by atoms with Crippen LogP contribution in [0.5, 0.6) is 5.75 Å². The van der Waals surface area contributed by atoms with E-state index >= 15 is 0 Å². The molecule has 0 bridgehead atoms. The van der Waals surface area contributed by atoms with Crippen LogP contribution < -0.4 is 10.1 Å². The van der Waals surface area contributed by atoms with E-state index < -0.39 is 0 Å². The Kier molecular flexibility index (Phi) is 6.41. The molecule has 5 nitrogen and oxygen atoms in total. The fourth-order valence-electron chi connectivity index (χ4n) is 2.27. The zero-order chi connectivity index (χ0) is 16.5. The van der Waals surface area contributed by atoms with Gasteiger partial charge in [0.25, 0.3) is 0 Å². The van der Waals surface area contributed by atoms with Gasteiger partial charge in [0.2, 0.25) is 0 Å². The van der Waals surface area contributed by atoms with Crippen LogP contribution in [-0.2, 0) is 6.54 Å². The molecule has 0 atom stereocenters. The Hall–Kier alpha value is -2.56. The summed E-state index contributed by atoms with van der Waals surface area (Å²) in [6.07, 6.45) is 3.44. The van der Waals surface area contributed by atoms with Crippen LogP contribution >= 0.6 is 0 Å².